The molecule has 12 N–H and O–H groups in total. The van der Waals surface area contributed by atoms with Crippen molar-refractivity contribution in [3.05, 3.63) is 29.8 Å². The van der Waals surface area contributed by atoms with Gasteiger partial charge in [0.1, 0.15) is 36.0 Å². The summed E-state index contributed by atoms with van der Waals surface area (Å²) in [5.41, 5.74) is 11.9. The van der Waals surface area contributed by atoms with Gasteiger partial charge in [-0.15, -0.1) is 0 Å². The highest BCUT2D eigenvalue weighted by Gasteiger charge is 2.34. The van der Waals surface area contributed by atoms with Crippen LogP contribution in [-0.2, 0) is 44.8 Å². The van der Waals surface area contributed by atoms with Gasteiger partial charge in [0.2, 0.25) is 35.4 Å². The quantitative estimate of drug-likeness (QED) is 0.0699. The Balaban J connectivity index is 3.03. The van der Waals surface area contributed by atoms with Crippen LogP contribution in [0.2, 0.25) is 0 Å². The Hall–Kier alpha value is -5.26. The van der Waals surface area contributed by atoms with Crippen LogP contribution in [0.25, 0.3) is 0 Å². The smallest absolute Gasteiger partial charge is 0.326 e. The number of carboxylic acids is 2. The number of phenolic OH excluding ortho intramolecular Hbond substituents is 1. The number of nitrogens with one attached hydrogen (secondary N) is 5. The molecule has 0 spiro atoms. The number of hydrogen-bond acceptors (Lipinski definition) is 10. The summed E-state index contributed by atoms with van der Waals surface area (Å²) in [5.74, 6) is -9.38. The second-order valence-corrected chi connectivity index (χ2v) is 12.4. The van der Waals surface area contributed by atoms with E-state index in [0.29, 0.717) is 5.56 Å². The lowest BCUT2D eigenvalue weighted by Gasteiger charge is -2.27. The molecule has 0 unspecified atom stereocenters. The van der Waals surface area contributed by atoms with Crippen molar-refractivity contribution >= 4 is 47.4 Å². The molecule has 6 amide bonds. The largest absolute Gasteiger partial charge is 0.508 e. The normalized spacial score (nSPS) is 14.7. The van der Waals surface area contributed by atoms with E-state index in [-0.39, 0.29) is 24.5 Å². The van der Waals surface area contributed by atoms with E-state index in [1.54, 1.807) is 39.8 Å². The van der Waals surface area contributed by atoms with E-state index < -0.39 is 102 Å². The number of benzene rings is 1. The van der Waals surface area contributed by atoms with Gasteiger partial charge in [-0.3, -0.25) is 33.6 Å². The summed E-state index contributed by atoms with van der Waals surface area (Å²) in [6.45, 7) is 7.89. The van der Waals surface area contributed by atoms with Crippen LogP contribution in [0.4, 0.5) is 0 Å². The molecule has 0 bridgehead atoms. The predicted molar refractivity (Wildman–Crippen MR) is 173 cm³/mol. The molecule has 0 fully saturated rings. The predicted octanol–water partition coefficient (Wildman–Crippen LogP) is -2.16. The third-order valence-electron chi connectivity index (χ3n) is 7.10. The molecule has 0 aliphatic rings. The number of carbonyl (C=O) groups excluding carboxylic acids is 6. The molecular weight excluding hydrogens is 646 g/mol. The van der Waals surface area contributed by atoms with Gasteiger partial charge in [0.15, 0.2) is 0 Å². The van der Waals surface area contributed by atoms with Crippen LogP contribution in [-0.4, -0.2) is 99.0 Å². The van der Waals surface area contributed by atoms with Gasteiger partial charge in [-0.2, -0.15) is 0 Å². The minimum Gasteiger partial charge on any atom is -0.508 e. The second kappa shape index (κ2) is 19.5. The molecule has 0 aliphatic carbocycles. The molecule has 49 heavy (non-hydrogen) atoms. The number of amides is 6. The van der Waals surface area contributed by atoms with Crippen LogP contribution >= 0.6 is 0 Å². The van der Waals surface area contributed by atoms with E-state index in [4.69, 9.17) is 11.5 Å². The van der Waals surface area contributed by atoms with Crippen LogP contribution in [0.5, 0.6) is 5.75 Å². The average Bonchev–Trinajstić information content (AvgIpc) is 2.98. The van der Waals surface area contributed by atoms with Crippen molar-refractivity contribution in [2.24, 2.45) is 23.3 Å². The highest BCUT2D eigenvalue weighted by molar-refractivity contribution is 5.98. The standard InChI is InChI=1S/C31H47N7O11/c1-14(2)10-22(31(48)49)37-29(46)21(13-24(41)42)35-28(45)20(12-23(33)40)36-30(47)25(15(3)4)38-26(43)16(5)34-27(44)19(32)11-17-6-8-18(39)9-7-17/h6-9,14-16,19-22,25,39H,10-13,32H2,1-5H3,(H2,33,40)(H,34,44)(H,35,45)(H,36,47)(H,37,46)(H,38,43)(H,41,42)(H,48,49)/t16-,19-,20-,21-,22-,25-/m0/s1. The maximum Gasteiger partial charge on any atom is 0.326 e. The minimum absolute atomic E-state index is 0.00634. The van der Waals surface area contributed by atoms with Gasteiger partial charge >= 0.3 is 11.9 Å². The zero-order valence-electron chi connectivity index (χ0n) is 28.0. The number of primary amides is 1. The molecule has 272 valence electrons. The lowest BCUT2D eigenvalue weighted by Crippen LogP contribution is -2.60. The number of rotatable bonds is 20. The van der Waals surface area contributed by atoms with E-state index in [0.717, 1.165) is 0 Å². The molecule has 0 aliphatic heterocycles. The fourth-order valence-electron chi connectivity index (χ4n) is 4.47. The topological polar surface area (TPSA) is 309 Å². The van der Waals surface area contributed by atoms with E-state index in [9.17, 15) is 53.7 Å². The van der Waals surface area contributed by atoms with Gasteiger partial charge in [0, 0.05) is 0 Å². The van der Waals surface area contributed by atoms with Crippen LogP contribution in [0.3, 0.4) is 0 Å². The zero-order valence-corrected chi connectivity index (χ0v) is 28.0. The summed E-state index contributed by atoms with van der Waals surface area (Å²) >= 11 is 0. The Bertz CT molecular complexity index is 1370. The monoisotopic (exact) mass is 693 g/mol. The van der Waals surface area contributed by atoms with E-state index in [1.807, 2.05) is 0 Å². The summed E-state index contributed by atoms with van der Waals surface area (Å²) in [5, 5.41) is 39.7. The number of aromatic hydroxyl groups is 1. The molecular formula is C31H47N7O11. The van der Waals surface area contributed by atoms with Crippen LogP contribution in [0.15, 0.2) is 24.3 Å². The Morgan fingerprint density at radius 1 is 0.673 bits per heavy atom. The van der Waals surface area contributed by atoms with Gasteiger partial charge < -0.3 is 53.4 Å². The first kappa shape index (κ1) is 41.8. The van der Waals surface area contributed by atoms with Crippen molar-refractivity contribution in [1.82, 2.24) is 26.6 Å². The van der Waals surface area contributed by atoms with Crippen molar-refractivity contribution in [3.8, 4) is 5.75 Å². The Labute approximate surface area is 283 Å². The molecule has 0 saturated heterocycles. The number of hydrogen-bond donors (Lipinski definition) is 10. The average molecular weight is 694 g/mol. The third kappa shape index (κ3) is 15.0. The summed E-state index contributed by atoms with van der Waals surface area (Å²) in [6, 6.07) is -2.41. The molecule has 1 rings (SSSR count). The molecule has 6 atom stereocenters. The van der Waals surface area contributed by atoms with Gasteiger partial charge in [-0.1, -0.05) is 39.8 Å². The SMILES string of the molecule is CC(C)C[C@H](NC(=O)[C@H](CC(=O)O)NC(=O)[C@H](CC(N)=O)NC(=O)[C@@H](NC(=O)[C@H](C)NC(=O)[C@@H](N)Cc1ccc(O)cc1)C(C)C)C(=O)O. The number of carbonyl (C=O) groups is 8. The lowest BCUT2D eigenvalue weighted by atomic mass is 10.0. The fourth-order valence-corrected chi connectivity index (χ4v) is 4.47. The molecule has 1 aromatic carbocycles. The van der Waals surface area contributed by atoms with Crippen molar-refractivity contribution in [2.75, 3.05) is 0 Å². The summed E-state index contributed by atoms with van der Waals surface area (Å²) in [6.07, 6.45) is -1.63. The van der Waals surface area contributed by atoms with Crippen LogP contribution in [0.1, 0.15) is 59.4 Å². The summed E-state index contributed by atoms with van der Waals surface area (Å²) in [4.78, 5) is 99.8. The number of phenols is 1. The molecule has 18 nitrogen and oxygen atoms in total. The van der Waals surface area contributed by atoms with Crippen molar-refractivity contribution in [2.45, 2.75) is 96.6 Å². The Morgan fingerprint density at radius 3 is 1.65 bits per heavy atom. The molecule has 1 aromatic rings. The first-order valence-electron chi connectivity index (χ1n) is 15.5. The zero-order chi connectivity index (χ0) is 37.6. The fraction of sp³-hybridized carbons (Fsp3) is 0.548. The number of carboxylic acid groups (broad SMARTS) is 2. The van der Waals surface area contributed by atoms with Crippen molar-refractivity contribution < 1.29 is 53.7 Å². The highest BCUT2D eigenvalue weighted by Crippen LogP contribution is 2.11. The van der Waals surface area contributed by atoms with E-state index in [2.05, 4.69) is 26.6 Å². The van der Waals surface area contributed by atoms with Gasteiger partial charge in [-0.05, 0) is 49.3 Å². The van der Waals surface area contributed by atoms with Gasteiger partial charge in [0.05, 0.1) is 18.9 Å². The summed E-state index contributed by atoms with van der Waals surface area (Å²) < 4.78 is 0. The van der Waals surface area contributed by atoms with E-state index >= 15 is 0 Å². The second-order valence-electron chi connectivity index (χ2n) is 12.4. The molecule has 18 heteroatoms. The Kier molecular flexibility index (Phi) is 16.6. The van der Waals surface area contributed by atoms with Gasteiger partial charge in [0.25, 0.3) is 0 Å². The first-order chi connectivity index (χ1) is 22.7. The maximum atomic E-state index is 13.3. The van der Waals surface area contributed by atoms with Crippen molar-refractivity contribution in [3.63, 3.8) is 0 Å². The Morgan fingerprint density at radius 2 is 1.18 bits per heavy atom. The maximum absolute atomic E-state index is 13.3. The summed E-state index contributed by atoms with van der Waals surface area (Å²) in [7, 11) is 0. The first-order valence-corrected chi connectivity index (χ1v) is 15.5. The minimum atomic E-state index is -1.79. The molecule has 0 radical (unpaired) electrons. The molecule has 0 heterocycles. The third-order valence-corrected chi connectivity index (χ3v) is 7.10. The number of nitrogens with two attached hydrogens (primary N) is 2. The molecule has 0 saturated carbocycles. The number of aliphatic carboxylic acids is 2. The van der Waals surface area contributed by atoms with Crippen LogP contribution < -0.4 is 38.1 Å². The van der Waals surface area contributed by atoms with Gasteiger partial charge in [-0.25, -0.2) is 4.79 Å². The lowest BCUT2D eigenvalue weighted by molar-refractivity contribution is -0.144. The van der Waals surface area contributed by atoms with Crippen LogP contribution in [0, 0.1) is 11.8 Å². The highest BCUT2D eigenvalue weighted by atomic mass is 16.4. The molecule has 0 aromatic heterocycles. The van der Waals surface area contributed by atoms with E-state index in [1.165, 1.54) is 19.1 Å². The van der Waals surface area contributed by atoms with Crippen molar-refractivity contribution in [1.29, 1.82) is 0 Å².